The number of carbonyl (C=O) groups excluding carboxylic acids is 3. The van der Waals surface area contributed by atoms with E-state index in [2.05, 4.69) is 26.1 Å². The molecule has 0 aliphatic heterocycles. The summed E-state index contributed by atoms with van der Waals surface area (Å²) in [6.07, 6.45) is 3.60. The Hall–Kier alpha value is -2.37. The molecule has 0 aromatic heterocycles. The van der Waals surface area contributed by atoms with Crippen molar-refractivity contribution in [3.05, 3.63) is 29.8 Å². The molecule has 0 radical (unpaired) electrons. The number of para-hydroxylation sites is 1. The summed E-state index contributed by atoms with van der Waals surface area (Å²) < 4.78 is 10.2. The number of anilines is 1. The molecule has 1 saturated carbocycles. The summed E-state index contributed by atoms with van der Waals surface area (Å²) in [6, 6.07) is 6.58. The van der Waals surface area contributed by atoms with Crippen molar-refractivity contribution in [1.29, 1.82) is 0 Å². The van der Waals surface area contributed by atoms with E-state index in [1.807, 2.05) is 0 Å². The molecule has 0 saturated heterocycles. The average Bonchev–Trinajstić information content (AvgIpc) is 2.66. The van der Waals surface area contributed by atoms with Crippen molar-refractivity contribution in [2.75, 3.05) is 18.5 Å². The second-order valence-electron chi connectivity index (χ2n) is 8.34. The molecule has 0 unspecified atom stereocenters. The Morgan fingerprint density at radius 1 is 1.04 bits per heavy atom. The normalized spacial score (nSPS) is 19.6. The topological polar surface area (TPSA) is 81.7 Å². The molecule has 1 aliphatic carbocycles. The number of ether oxygens (including phenoxy) is 2. The van der Waals surface area contributed by atoms with Crippen LogP contribution in [-0.2, 0) is 19.1 Å². The quantitative estimate of drug-likeness (QED) is 0.738. The minimum atomic E-state index is -0.508. The first kappa shape index (κ1) is 21.9. The number of benzene rings is 1. The monoisotopic (exact) mass is 389 g/mol. The first-order valence-electron chi connectivity index (χ1n) is 9.95. The van der Waals surface area contributed by atoms with Crippen LogP contribution in [0.5, 0.6) is 0 Å². The van der Waals surface area contributed by atoms with Crippen LogP contribution in [0.2, 0.25) is 0 Å². The maximum atomic E-state index is 12.3. The van der Waals surface area contributed by atoms with Gasteiger partial charge in [0.2, 0.25) is 0 Å². The van der Waals surface area contributed by atoms with Gasteiger partial charge in [-0.25, -0.2) is 4.79 Å². The van der Waals surface area contributed by atoms with Gasteiger partial charge in [0, 0.05) is 0 Å². The predicted molar refractivity (Wildman–Crippen MR) is 107 cm³/mol. The van der Waals surface area contributed by atoms with Gasteiger partial charge in [-0.3, -0.25) is 9.59 Å². The minimum absolute atomic E-state index is 0.141. The van der Waals surface area contributed by atoms with Gasteiger partial charge in [0.25, 0.3) is 5.91 Å². The van der Waals surface area contributed by atoms with Gasteiger partial charge in [-0.15, -0.1) is 0 Å². The lowest BCUT2D eigenvalue weighted by Gasteiger charge is -2.36. The van der Waals surface area contributed by atoms with Gasteiger partial charge in [0.1, 0.15) is 0 Å². The van der Waals surface area contributed by atoms with Gasteiger partial charge < -0.3 is 14.8 Å². The third-order valence-corrected chi connectivity index (χ3v) is 5.33. The molecule has 28 heavy (non-hydrogen) atoms. The molecule has 6 nitrogen and oxygen atoms in total. The van der Waals surface area contributed by atoms with E-state index in [-0.39, 0.29) is 36.1 Å². The zero-order valence-electron chi connectivity index (χ0n) is 17.2. The first-order chi connectivity index (χ1) is 13.2. The lowest BCUT2D eigenvalue weighted by atomic mass is 9.70. The number of hydrogen-bond acceptors (Lipinski definition) is 5. The Bertz CT molecular complexity index is 699. The molecule has 1 aliphatic rings. The highest BCUT2D eigenvalue weighted by Gasteiger charge is 2.33. The number of amides is 1. The van der Waals surface area contributed by atoms with Crippen LogP contribution in [0.25, 0.3) is 0 Å². The predicted octanol–water partition coefficient (Wildman–Crippen LogP) is 4.20. The fourth-order valence-corrected chi connectivity index (χ4v) is 3.61. The van der Waals surface area contributed by atoms with Gasteiger partial charge in [-0.2, -0.15) is 0 Å². The van der Waals surface area contributed by atoms with Crippen LogP contribution in [0.15, 0.2) is 24.3 Å². The van der Waals surface area contributed by atoms with Crippen molar-refractivity contribution in [2.45, 2.75) is 53.4 Å². The standard InChI is InChI=1S/C22H31NO5/c1-5-27-21(26)17-8-6-7-9-18(17)23-19(24)14-28-20(25)15-10-12-16(13-11-15)22(2,3)4/h6-9,15-16H,5,10-14H2,1-4H3,(H,23,24). The molecule has 0 atom stereocenters. The average molecular weight is 389 g/mol. The number of carbonyl (C=O) groups is 3. The molecule has 1 fully saturated rings. The Kier molecular flexibility index (Phi) is 7.61. The molecular formula is C22H31NO5. The van der Waals surface area contributed by atoms with Crippen LogP contribution in [0, 0.1) is 17.3 Å². The van der Waals surface area contributed by atoms with Gasteiger partial charge in [0.15, 0.2) is 6.61 Å². The molecule has 0 spiro atoms. The van der Waals surface area contributed by atoms with Crippen molar-refractivity contribution >= 4 is 23.5 Å². The number of nitrogens with one attached hydrogen (secondary N) is 1. The summed E-state index contributed by atoms with van der Waals surface area (Å²) in [6.45, 7) is 8.29. The lowest BCUT2D eigenvalue weighted by Crippen LogP contribution is -2.31. The summed E-state index contributed by atoms with van der Waals surface area (Å²) in [5, 5.41) is 2.62. The van der Waals surface area contributed by atoms with E-state index in [1.54, 1.807) is 31.2 Å². The molecule has 1 N–H and O–H groups in total. The summed E-state index contributed by atoms with van der Waals surface area (Å²) in [5.41, 5.74) is 0.860. The summed E-state index contributed by atoms with van der Waals surface area (Å²) in [7, 11) is 0. The highest BCUT2D eigenvalue weighted by Crippen LogP contribution is 2.40. The molecular weight excluding hydrogens is 358 g/mol. The third-order valence-electron chi connectivity index (χ3n) is 5.33. The molecule has 1 aromatic rings. The van der Waals surface area contributed by atoms with E-state index in [1.165, 1.54) is 0 Å². The number of esters is 2. The van der Waals surface area contributed by atoms with E-state index in [0.717, 1.165) is 25.7 Å². The number of hydrogen-bond donors (Lipinski definition) is 1. The summed E-state index contributed by atoms with van der Waals surface area (Å²) >= 11 is 0. The van der Waals surface area contributed by atoms with Crippen LogP contribution in [0.3, 0.4) is 0 Å². The Balaban J connectivity index is 1.83. The van der Waals surface area contributed by atoms with Crippen LogP contribution in [0.4, 0.5) is 5.69 Å². The van der Waals surface area contributed by atoms with Crippen LogP contribution in [-0.4, -0.2) is 31.1 Å². The molecule has 0 bridgehead atoms. The smallest absolute Gasteiger partial charge is 0.340 e. The van der Waals surface area contributed by atoms with Crippen molar-refractivity contribution in [3.63, 3.8) is 0 Å². The molecule has 1 amide bonds. The number of rotatable bonds is 6. The highest BCUT2D eigenvalue weighted by atomic mass is 16.5. The fraction of sp³-hybridized carbons (Fsp3) is 0.591. The van der Waals surface area contributed by atoms with Crippen molar-refractivity contribution < 1.29 is 23.9 Å². The van der Waals surface area contributed by atoms with Crippen LogP contribution >= 0.6 is 0 Å². The zero-order valence-corrected chi connectivity index (χ0v) is 17.2. The van der Waals surface area contributed by atoms with E-state index in [9.17, 15) is 14.4 Å². The van der Waals surface area contributed by atoms with Gasteiger partial charge >= 0.3 is 11.9 Å². The molecule has 2 rings (SSSR count). The van der Waals surface area contributed by atoms with Crippen LogP contribution in [0.1, 0.15) is 63.7 Å². The summed E-state index contributed by atoms with van der Waals surface area (Å²) in [4.78, 5) is 36.4. The lowest BCUT2D eigenvalue weighted by molar-refractivity contribution is -0.153. The van der Waals surface area contributed by atoms with Crippen molar-refractivity contribution in [1.82, 2.24) is 0 Å². The maximum Gasteiger partial charge on any atom is 0.340 e. The SMILES string of the molecule is CCOC(=O)c1ccccc1NC(=O)COC(=O)C1CCC(C(C)(C)C)CC1. The van der Waals surface area contributed by atoms with Gasteiger partial charge in [-0.05, 0) is 56.1 Å². The molecule has 0 heterocycles. The fourth-order valence-electron chi connectivity index (χ4n) is 3.61. The minimum Gasteiger partial charge on any atom is -0.462 e. The van der Waals surface area contributed by atoms with Crippen molar-refractivity contribution in [3.8, 4) is 0 Å². The highest BCUT2D eigenvalue weighted by molar-refractivity contribution is 6.01. The van der Waals surface area contributed by atoms with Crippen LogP contribution < -0.4 is 5.32 Å². The van der Waals surface area contributed by atoms with E-state index >= 15 is 0 Å². The first-order valence-corrected chi connectivity index (χ1v) is 9.95. The van der Waals surface area contributed by atoms with E-state index in [4.69, 9.17) is 9.47 Å². The molecule has 6 heteroatoms. The molecule has 154 valence electrons. The second-order valence-corrected chi connectivity index (χ2v) is 8.34. The Labute approximate surface area is 167 Å². The van der Waals surface area contributed by atoms with Crippen molar-refractivity contribution in [2.24, 2.45) is 17.3 Å². The van der Waals surface area contributed by atoms with E-state index < -0.39 is 11.9 Å². The van der Waals surface area contributed by atoms with Gasteiger partial charge in [-0.1, -0.05) is 32.9 Å². The van der Waals surface area contributed by atoms with E-state index in [0.29, 0.717) is 11.6 Å². The Morgan fingerprint density at radius 2 is 1.68 bits per heavy atom. The molecule has 1 aromatic carbocycles. The summed E-state index contributed by atoms with van der Waals surface area (Å²) in [5.74, 6) is -0.835. The largest absolute Gasteiger partial charge is 0.462 e. The van der Waals surface area contributed by atoms with Gasteiger partial charge in [0.05, 0.1) is 23.8 Å². The second kappa shape index (κ2) is 9.71. The Morgan fingerprint density at radius 3 is 2.29 bits per heavy atom. The third kappa shape index (κ3) is 6.08. The zero-order chi connectivity index (χ0) is 20.7. The maximum absolute atomic E-state index is 12.3.